The number of ether oxygens (including phenoxy) is 1. The SMILES string of the molecule is CC(C)CCOC(=O)[C@H](C)[C@H](CC1CCCCC1)C(=O)O. The van der Waals surface area contributed by atoms with Crippen LogP contribution >= 0.6 is 0 Å². The maximum absolute atomic E-state index is 12.0. The molecule has 21 heavy (non-hydrogen) atoms. The molecule has 0 radical (unpaired) electrons. The summed E-state index contributed by atoms with van der Waals surface area (Å²) >= 11 is 0. The molecule has 0 aromatic carbocycles. The summed E-state index contributed by atoms with van der Waals surface area (Å²) in [5, 5.41) is 9.43. The summed E-state index contributed by atoms with van der Waals surface area (Å²) < 4.78 is 5.23. The number of carboxylic acids is 1. The second-order valence-electron chi connectivity index (χ2n) is 6.82. The van der Waals surface area contributed by atoms with Crippen LogP contribution in [-0.2, 0) is 14.3 Å². The molecular weight excluding hydrogens is 268 g/mol. The van der Waals surface area contributed by atoms with E-state index in [0.717, 1.165) is 19.3 Å². The van der Waals surface area contributed by atoms with E-state index >= 15 is 0 Å². The third-order valence-corrected chi connectivity index (χ3v) is 4.54. The molecule has 2 atom stereocenters. The Balaban J connectivity index is 2.49. The Morgan fingerprint density at radius 3 is 2.29 bits per heavy atom. The van der Waals surface area contributed by atoms with Crippen LogP contribution in [-0.4, -0.2) is 23.7 Å². The number of hydrogen-bond acceptors (Lipinski definition) is 3. The van der Waals surface area contributed by atoms with Crippen LogP contribution in [0.5, 0.6) is 0 Å². The molecule has 1 aliphatic rings. The van der Waals surface area contributed by atoms with Gasteiger partial charge in [0.15, 0.2) is 0 Å². The van der Waals surface area contributed by atoms with Gasteiger partial charge >= 0.3 is 11.9 Å². The number of carboxylic acid groups (broad SMARTS) is 1. The lowest BCUT2D eigenvalue weighted by atomic mass is 9.79. The van der Waals surface area contributed by atoms with Gasteiger partial charge in [0.25, 0.3) is 0 Å². The van der Waals surface area contributed by atoms with Crippen molar-refractivity contribution in [2.24, 2.45) is 23.7 Å². The summed E-state index contributed by atoms with van der Waals surface area (Å²) in [6, 6.07) is 0. The van der Waals surface area contributed by atoms with Gasteiger partial charge in [-0.05, 0) is 24.7 Å². The van der Waals surface area contributed by atoms with E-state index in [1.165, 1.54) is 19.3 Å². The molecule has 0 spiro atoms. The van der Waals surface area contributed by atoms with E-state index < -0.39 is 17.8 Å². The average Bonchev–Trinajstić information content (AvgIpc) is 2.44. The lowest BCUT2D eigenvalue weighted by Gasteiger charge is -2.27. The topological polar surface area (TPSA) is 63.6 Å². The first kappa shape index (κ1) is 18.0. The first-order valence-corrected chi connectivity index (χ1v) is 8.31. The highest BCUT2D eigenvalue weighted by Gasteiger charge is 2.33. The summed E-state index contributed by atoms with van der Waals surface area (Å²) in [5.74, 6) is -1.47. The van der Waals surface area contributed by atoms with Gasteiger partial charge in [-0.1, -0.05) is 52.9 Å². The highest BCUT2D eigenvalue weighted by Crippen LogP contribution is 2.32. The van der Waals surface area contributed by atoms with Gasteiger partial charge in [-0.25, -0.2) is 0 Å². The highest BCUT2D eigenvalue weighted by molar-refractivity contribution is 5.80. The van der Waals surface area contributed by atoms with Crippen LogP contribution in [0, 0.1) is 23.7 Å². The lowest BCUT2D eigenvalue weighted by Crippen LogP contribution is -2.31. The molecule has 1 aliphatic carbocycles. The van der Waals surface area contributed by atoms with Crippen LogP contribution in [0.15, 0.2) is 0 Å². The van der Waals surface area contributed by atoms with Crippen LogP contribution in [0.4, 0.5) is 0 Å². The minimum atomic E-state index is -0.867. The number of aliphatic carboxylic acids is 1. The second kappa shape index (κ2) is 9.06. The molecule has 1 fully saturated rings. The Labute approximate surface area is 128 Å². The Morgan fingerprint density at radius 1 is 1.14 bits per heavy atom. The quantitative estimate of drug-likeness (QED) is 0.691. The molecule has 0 saturated heterocycles. The van der Waals surface area contributed by atoms with E-state index in [0.29, 0.717) is 24.9 Å². The Bertz CT molecular complexity index is 332. The molecule has 0 unspecified atom stereocenters. The minimum absolute atomic E-state index is 0.362. The van der Waals surface area contributed by atoms with Crippen molar-refractivity contribution in [3.63, 3.8) is 0 Å². The monoisotopic (exact) mass is 298 g/mol. The summed E-state index contributed by atoms with van der Waals surface area (Å²) in [6.45, 7) is 6.22. The van der Waals surface area contributed by atoms with E-state index in [4.69, 9.17) is 4.74 Å². The van der Waals surface area contributed by atoms with Gasteiger partial charge in [0.05, 0.1) is 18.4 Å². The number of carbonyl (C=O) groups excluding carboxylic acids is 1. The van der Waals surface area contributed by atoms with Gasteiger partial charge < -0.3 is 9.84 Å². The maximum atomic E-state index is 12.0. The molecule has 0 aromatic heterocycles. The van der Waals surface area contributed by atoms with E-state index in [-0.39, 0.29) is 5.97 Å². The fourth-order valence-corrected chi connectivity index (χ4v) is 2.99. The van der Waals surface area contributed by atoms with E-state index in [1.54, 1.807) is 6.92 Å². The maximum Gasteiger partial charge on any atom is 0.309 e. The van der Waals surface area contributed by atoms with E-state index in [1.807, 2.05) is 0 Å². The Kier molecular flexibility index (Phi) is 7.76. The third-order valence-electron chi connectivity index (χ3n) is 4.54. The first-order chi connectivity index (χ1) is 9.91. The number of rotatable bonds is 8. The molecule has 0 bridgehead atoms. The number of hydrogen-bond donors (Lipinski definition) is 1. The van der Waals surface area contributed by atoms with Gasteiger partial charge in [0, 0.05) is 0 Å². The predicted molar refractivity (Wildman–Crippen MR) is 81.9 cm³/mol. The predicted octanol–water partition coefficient (Wildman–Crippen LogP) is 3.88. The lowest BCUT2D eigenvalue weighted by molar-refractivity contribution is -0.158. The zero-order valence-electron chi connectivity index (χ0n) is 13.6. The molecule has 4 nitrogen and oxygen atoms in total. The van der Waals surface area contributed by atoms with Gasteiger partial charge in [0.1, 0.15) is 0 Å². The largest absolute Gasteiger partial charge is 0.481 e. The molecule has 0 amide bonds. The molecule has 1 N–H and O–H groups in total. The summed E-state index contributed by atoms with van der Waals surface area (Å²) in [5.41, 5.74) is 0. The number of carbonyl (C=O) groups is 2. The van der Waals surface area contributed by atoms with Gasteiger partial charge in [0.2, 0.25) is 0 Å². The van der Waals surface area contributed by atoms with Gasteiger partial charge in [-0.15, -0.1) is 0 Å². The van der Waals surface area contributed by atoms with Crippen LogP contribution in [0.25, 0.3) is 0 Å². The summed E-state index contributed by atoms with van der Waals surface area (Å²) in [7, 11) is 0. The van der Waals surface area contributed by atoms with Crippen LogP contribution in [0.3, 0.4) is 0 Å². The van der Waals surface area contributed by atoms with Gasteiger partial charge in [-0.2, -0.15) is 0 Å². The standard InChI is InChI=1S/C17H30O4/c1-12(2)9-10-21-17(20)13(3)15(16(18)19)11-14-7-5-4-6-8-14/h12-15H,4-11H2,1-3H3,(H,18,19)/t13-,15+/m1/s1. The molecule has 0 heterocycles. The Morgan fingerprint density at radius 2 is 1.76 bits per heavy atom. The molecular formula is C17H30O4. The van der Waals surface area contributed by atoms with Crippen LogP contribution in [0.2, 0.25) is 0 Å². The highest BCUT2D eigenvalue weighted by atomic mass is 16.5. The molecule has 4 heteroatoms. The molecule has 1 saturated carbocycles. The van der Waals surface area contributed by atoms with Crippen molar-refractivity contribution in [2.75, 3.05) is 6.61 Å². The number of esters is 1. The van der Waals surface area contributed by atoms with Crippen molar-refractivity contribution in [2.45, 2.75) is 65.7 Å². The third kappa shape index (κ3) is 6.49. The molecule has 0 aromatic rings. The van der Waals surface area contributed by atoms with Crippen molar-refractivity contribution >= 4 is 11.9 Å². The Hall–Kier alpha value is -1.06. The second-order valence-corrected chi connectivity index (χ2v) is 6.82. The fraction of sp³-hybridized carbons (Fsp3) is 0.882. The molecule has 0 aliphatic heterocycles. The molecule has 1 rings (SSSR count). The van der Waals surface area contributed by atoms with Gasteiger partial charge in [-0.3, -0.25) is 9.59 Å². The minimum Gasteiger partial charge on any atom is -0.481 e. The summed E-state index contributed by atoms with van der Waals surface area (Å²) in [6.07, 6.45) is 7.24. The fourth-order valence-electron chi connectivity index (χ4n) is 2.99. The zero-order valence-corrected chi connectivity index (χ0v) is 13.6. The first-order valence-electron chi connectivity index (χ1n) is 8.31. The zero-order chi connectivity index (χ0) is 15.8. The van der Waals surface area contributed by atoms with Crippen molar-refractivity contribution < 1.29 is 19.4 Å². The van der Waals surface area contributed by atoms with Crippen molar-refractivity contribution in [3.8, 4) is 0 Å². The normalized spacial score (nSPS) is 19.2. The van der Waals surface area contributed by atoms with E-state index in [2.05, 4.69) is 13.8 Å². The van der Waals surface area contributed by atoms with Crippen LogP contribution < -0.4 is 0 Å². The molecule has 122 valence electrons. The van der Waals surface area contributed by atoms with E-state index in [9.17, 15) is 14.7 Å². The summed E-state index contributed by atoms with van der Waals surface area (Å²) in [4.78, 5) is 23.5. The smallest absolute Gasteiger partial charge is 0.309 e. The van der Waals surface area contributed by atoms with Crippen LogP contribution in [0.1, 0.15) is 65.7 Å². The van der Waals surface area contributed by atoms with Crippen molar-refractivity contribution in [3.05, 3.63) is 0 Å². The van der Waals surface area contributed by atoms with Crippen molar-refractivity contribution in [1.29, 1.82) is 0 Å². The average molecular weight is 298 g/mol. The van der Waals surface area contributed by atoms with Crippen molar-refractivity contribution in [1.82, 2.24) is 0 Å².